The average Bonchev–Trinajstić information content (AvgIpc) is 2.78. The van der Waals surface area contributed by atoms with E-state index in [9.17, 15) is 4.79 Å². The minimum absolute atomic E-state index is 0.00129. The molecule has 0 bridgehead atoms. The lowest BCUT2D eigenvalue weighted by Crippen LogP contribution is -2.39. The van der Waals surface area contributed by atoms with E-state index in [1.54, 1.807) is 0 Å². The maximum atomic E-state index is 11.3. The topological polar surface area (TPSA) is 63.2 Å². The van der Waals surface area contributed by atoms with Crippen LogP contribution in [0.2, 0.25) is 0 Å². The van der Waals surface area contributed by atoms with Crippen LogP contribution in [0, 0.1) is 0 Å². The van der Waals surface area contributed by atoms with Crippen molar-refractivity contribution in [1.29, 1.82) is 0 Å². The molecule has 0 aromatic carbocycles. The van der Waals surface area contributed by atoms with Crippen molar-refractivity contribution >= 4 is 6.16 Å². The Morgan fingerprint density at radius 2 is 1.62 bits per heavy atom. The summed E-state index contributed by atoms with van der Waals surface area (Å²) < 4.78 is 27.2. The Bertz CT molecular complexity index is 351. The summed E-state index contributed by atoms with van der Waals surface area (Å²) in [5, 5.41) is 0. The van der Waals surface area contributed by atoms with E-state index in [0.717, 1.165) is 19.3 Å². The van der Waals surface area contributed by atoms with Crippen molar-refractivity contribution in [2.24, 2.45) is 0 Å². The quantitative estimate of drug-likeness (QED) is 0.731. The highest BCUT2D eigenvalue weighted by atomic mass is 16.7. The lowest BCUT2D eigenvalue weighted by molar-refractivity contribution is -0.0949. The predicted molar refractivity (Wildman–Crippen MR) is 75.0 cm³/mol. The van der Waals surface area contributed by atoms with Crippen LogP contribution in [0.4, 0.5) is 4.79 Å². The second-order valence-electron chi connectivity index (χ2n) is 6.62. The first kappa shape index (κ1) is 16.5. The van der Waals surface area contributed by atoms with Gasteiger partial charge in [-0.25, -0.2) is 4.79 Å². The summed E-state index contributed by atoms with van der Waals surface area (Å²) in [5.74, 6) is 0. The molecular formula is C15H26O6. The molecular weight excluding hydrogens is 276 g/mol. The predicted octanol–water partition coefficient (Wildman–Crippen LogP) is 2.64. The molecule has 1 aliphatic heterocycles. The van der Waals surface area contributed by atoms with E-state index < -0.39 is 6.16 Å². The Kier molecular flexibility index (Phi) is 5.46. The van der Waals surface area contributed by atoms with Crippen LogP contribution in [0.25, 0.3) is 0 Å². The lowest BCUT2D eigenvalue weighted by Gasteiger charge is -2.33. The number of methoxy groups -OCH3 is 1. The molecule has 122 valence electrons. The molecule has 0 spiro atoms. The second kappa shape index (κ2) is 6.94. The molecule has 21 heavy (non-hydrogen) atoms. The van der Waals surface area contributed by atoms with E-state index in [1.807, 2.05) is 20.8 Å². The van der Waals surface area contributed by atoms with Gasteiger partial charge in [0, 0.05) is 12.8 Å². The van der Waals surface area contributed by atoms with Gasteiger partial charge in [-0.15, -0.1) is 0 Å². The molecule has 1 aliphatic carbocycles. The number of fused-ring (bicyclic) bond motifs is 1. The van der Waals surface area contributed by atoms with Crippen LogP contribution in [0.3, 0.4) is 0 Å². The smallest absolute Gasteiger partial charge is 0.438 e. The zero-order chi connectivity index (χ0) is 15.5. The zero-order valence-corrected chi connectivity index (χ0v) is 13.3. The third-order valence-electron chi connectivity index (χ3n) is 3.73. The third kappa shape index (κ3) is 5.13. The van der Waals surface area contributed by atoms with Crippen molar-refractivity contribution < 1.29 is 28.5 Å². The second-order valence-corrected chi connectivity index (χ2v) is 6.62. The molecule has 2 fully saturated rings. The van der Waals surface area contributed by atoms with Gasteiger partial charge in [-0.3, -0.25) is 0 Å². The third-order valence-corrected chi connectivity index (χ3v) is 3.73. The first-order valence-electron chi connectivity index (χ1n) is 7.53. The van der Waals surface area contributed by atoms with Gasteiger partial charge in [0.1, 0.15) is 12.9 Å². The maximum absolute atomic E-state index is 11.3. The van der Waals surface area contributed by atoms with Gasteiger partial charge in [-0.05, 0) is 33.6 Å². The van der Waals surface area contributed by atoms with Gasteiger partial charge in [0.15, 0.2) is 0 Å². The minimum atomic E-state index is -0.649. The van der Waals surface area contributed by atoms with Gasteiger partial charge in [-0.1, -0.05) is 0 Å². The van der Waals surface area contributed by atoms with Crippen molar-refractivity contribution in [3.05, 3.63) is 0 Å². The molecule has 4 atom stereocenters. The number of ether oxygens (including phenoxy) is 5. The summed E-state index contributed by atoms with van der Waals surface area (Å²) in [5.41, 5.74) is -0.211. The Hall–Kier alpha value is -0.850. The molecule has 1 saturated heterocycles. The molecule has 6 nitrogen and oxygen atoms in total. The first-order chi connectivity index (χ1) is 9.87. The average molecular weight is 302 g/mol. The Balaban J connectivity index is 2.00. The van der Waals surface area contributed by atoms with E-state index in [0.29, 0.717) is 13.2 Å². The van der Waals surface area contributed by atoms with E-state index in [1.165, 1.54) is 7.11 Å². The number of hydrogen-bond acceptors (Lipinski definition) is 6. The highest BCUT2D eigenvalue weighted by Crippen LogP contribution is 2.31. The molecule has 0 N–H and O–H groups in total. The van der Waals surface area contributed by atoms with Crippen LogP contribution in [0.5, 0.6) is 0 Å². The number of carbonyl (C=O) groups is 1. The maximum Gasteiger partial charge on any atom is 0.508 e. The highest BCUT2D eigenvalue weighted by Gasteiger charge is 2.38. The molecule has 2 aliphatic rings. The van der Waals surface area contributed by atoms with Crippen molar-refractivity contribution in [1.82, 2.24) is 0 Å². The van der Waals surface area contributed by atoms with Crippen LogP contribution < -0.4 is 0 Å². The molecule has 6 heteroatoms. The molecule has 0 aromatic heterocycles. The van der Waals surface area contributed by atoms with Crippen LogP contribution in [0.15, 0.2) is 0 Å². The summed E-state index contributed by atoms with van der Waals surface area (Å²) in [7, 11) is 1.31. The standard InChI is InChI=1S/C15H26O6/c1-15(2,3)21-11-6-5-10(20-14(16)17-4)7-12-13(8-11)19-9-18-12/h10-13H,5-9H2,1-4H3. The summed E-state index contributed by atoms with van der Waals surface area (Å²) >= 11 is 0. The van der Waals surface area contributed by atoms with Crippen LogP contribution in [0.1, 0.15) is 46.5 Å². The van der Waals surface area contributed by atoms with Crippen molar-refractivity contribution in [3.63, 3.8) is 0 Å². The van der Waals surface area contributed by atoms with Gasteiger partial charge in [-0.2, -0.15) is 0 Å². The van der Waals surface area contributed by atoms with Gasteiger partial charge in [0.2, 0.25) is 0 Å². The monoisotopic (exact) mass is 302 g/mol. The van der Waals surface area contributed by atoms with Crippen LogP contribution in [-0.2, 0) is 23.7 Å². The zero-order valence-electron chi connectivity index (χ0n) is 13.3. The fourth-order valence-electron chi connectivity index (χ4n) is 2.89. The van der Waals surface area contributed by atoms with Gasteiger partial charge < -0.3 is 23.7 Å². The normalized spacial score (nSPS) is 33.7. The van der Waals surface area contributed by atoms with Crippen molar-refractivity contribution in [3.8, 4) is 0 Å². The molecule has 0 radical (unpaired) electrons. The molecule has 2 rings (SSSR count). The van der Waals surface area contributed by atoms with Crippen molar-refractivity contribution in [2.45, 2.75) is 76.5 Å². The van der Waals surface area contributed by atoms with Crippen LogP contribution in [-0.4, -0.2) is 50.1 Å². The Labute approximate surface area is 126 Å². The molecule has 0 aromatic rings. The van der Waals surface area contributed by atoms with Crippen LogP contribution >= 0.6 is 0 Å². The van der Waals surface area contributed by atoms with Gasteiger partial charge in [0.25, 0.3) is 0 Å². The lowest BCUT2D eigenvalue weighted by atomic mass is 9.92. The summed E-state index contributed by atoms with van der Waals surface area (Å²) in [6.07, 6.45) is 2.17. The Morgan fingerprint density at radius 1 is 1.05 bits per heavy atom. The van der Waals surface area contributed by atoms with Gasteiger partial charge >= 0.3 is 6.16 Å². The molecule has 0 amide bonds. The number of carbonyl (C=O) groups excluding carboxylic acids is 1. The summed E-state index contributed by atoms with van der Waals surface area (Å²) in [4.78, 5) is 11.3. The number of rotatable bonds is 2. The van der Waals surface area contributed by atoms with E-state index >= 15 is 0 Å². The van der Waals surface area contributed by atoms with Crippen molar-refractivity contribution in [2.75, 3.05) is 13.9 Å². The summed E-state index contributed by atoms with van der Waals surface area (Å²) in [6.45, 7) is 6.41. The minimum Gasteiger partial charge on any atom is -0.438 e. The largest absolute Gasteiger partial charge is 0.508 e. The fraction of sp³-hybridized carbons (Fsp3) is 0.933. The SMILES string of the molecule is COC(=O)OC1CCC(OC(C)(C)C)CC2OCOC2C1. The number of hydrogen-bond donors (Lipinski definition) is 0. The van der Waals surface area contributed by atoms with E-state index in [4.69, 9.17) is 18.9 Å². The van der Waals surface area contributed by atoms with Gasteiger partial charge in [0.05, 0.1) is 31.0 Å². The fourth-order valence-corrected chi connectivity index (χ4v) is 2.89. The van der Waals surface area contributed by atoms with E-state index in [-0.39, 0.29) is 30.0 Å². The highest BCUT2D eigenvalue weighted by molar-refractivity contribution is 5.59. The molecule has 1 saturated carbocycles. The molecule has 1 heterocycles. The first-order valence-corrected chi connectivity index (χ1v) is 7.53. The van der Waals surface area contributed by atoms with E-state index in [2.05, 4.69) is 4.74 Å². The Morgan fingerprint density at radius 3 is 2.19 bits per heavy atom. The summed E-state index contributed by atoms with van der Waals surface area (Å²) in [6, 6.07) is 0. The molecule has 4 unspecified atom stereocenters.